The average Bonchev–Trinajstić information content (AvgIpc) is 3.22. The van der Waals surface area contributed by atoms with Gasteiger partial charge in [-0.25, -0.2) is 18.8 Å². The molecule has 0 fully saturated rings. The number of nitrogens with one attached hydrogen (secondary N) is 2. The molecule has 0 spiro atoms. The summed E-state index contributed by atoms with van der Waals surface area (Å²) in [6.45, 7) is 0.360. The Kier molecular flexibility index (Phi) is 7.01. The Hall–Kier alpha value is -3.51. The Labute approximate surface area is 207 Å². The number of ether oxygens (including phenoxy) is 1. The maximum absolute atomic E-state index is 14.8. The Balaban J connectivity index is 1.72. The second-order valence-electron chi connectivity index (χ2n) is 9.09. The summed E-state index contributed by atoms with van der Waals surface area (Å²) in [7, 11) is -0.166. The van der Waals surface area contributed by atoms with Gasteiger partial charge in [0.2, 0.25) is 5.76 Å². The molecule has 192 valence electrons. The first-order chi connectivity index (χ1) is 17.0. The smallest absolute Gasteiger partial charge is 0.293 e. The topological polar surface area (TPSA) is 118 Å². The minimum atomic E-state index is -1.70. The molecule has 0 radical (unpaired) electrons. The number of carbonyl (C=O) groups excluding carboxylic acids is 2. The first-order valence-corrected chi connectivity index (χ1v) is 13.8. The van der Waals surface area contributed by atoms with Crippen LogP contribution in [0.4, 0.5) is 14.5 Å². The number of rotatable bonds is 6. The number of hydrogen-bond acceptors (Lipinski definition) is 6. The van der Waals surface area contributed by atoms with E-state index in [-0.39, 0.29) is 29.5 Å². The number of anilines is 1. The van der Waals surface area contributed by atoms with Gasteiger partial charge in [0.1, 0.15) is 17.7 Å². The van der Waals surface area contributed by atoms with E-state index >= 15 is 0 Å². The number of nitrogens with zero attached hydrogens (tertiary/aromatic N) is 2. The van der Waals surface area contributed by atoms with E-state index in [9.17, 15) is 23.2 Å². The standard InChI is InChI=1S/C24H26F2N4O5S/c1-34-12-13-5-6-15-18(27-13)7-8-30(24(33)19-11-20(31)29-35-19)21(15)23(32)28-14-9-16(25)22(17(26)10-14)36(2,3)4/h5-6,9-11,21H,7-8,12H2,1-4H3,(H,28,32)(H,29,31)/t21-/m1/s1. The highest BCUT2D eigenvalue weighted by molar-refractivity contribution is 8.32. The molecule has 4 rings (SSSR count). The predicted octanol–water partition coefficient (Wildman–Crippen LogP) is 3.22. The normalized spacial score (nSPS) is 15.9. The van der Waals surface area contributed by atoms with Crippen LogP contribution in [0.3, 0.4) is 0 Å². The summed E-state index contributed by atoms with van der Waals surface area (Å²) < 4.78 is 39.6. The lowest BCUT2D eigenvalue weighted by atomic mass is 9.95. The molecular weight excluding hydrogens is 494 g/mol. The van der Waals surface area contributed by atoms with Crippen molar-refractivity contribution in [3.63, 3.8) is 0 Å². The number of aromatic nitrogens is 2. The van der Waals surface area contributed by atoms with Gasteiger partial charge in [0, 0.05) is 37.0 Å². The molecule has 0 unspecified atom stereocenters. The zero-order chi connectivity index (χ0) is 26.2. The summed E-state index contributed by atoms with van der Waals surface area (Å²) >= 11 is 0. The Morgan fingerprint density at radius 2 is 1.92 bits per heavy atom. The maximum atomic E-state index is 14.8. The van der Waals surface area contributed by atoms with E-state index in [0.717, 1.165) is 18.2 Å². The quantitative estimate of drug-likeness (QED) is 0.516. The molecule has 36 heavy (non-hydrogen) atoms. The summed E-state index contributed by atoms with van der Waals surface area (Å²) in [6, 6.07) is 5.27. The summed E-state index contributed by atoms with van der Waals surface area (Å²) in [6.07, 6.45) is 5.63. The van der Waals surface area contributed by atoms with Gasteiger partial charge >= 0.3 is 0 Å². The molecule has 0 aliphatic carbocycles. The molecule has 2 aromatic heterocycles. The van der Waals surface area contributed by atoms with E-state index in [0.29, 0.717) is 23.4 Å². The number of fused-ring (bicyclic) bond motifs is 1. The molecule has 3 aromatic rings. The molecule has 2 N–H and O–H groups in total. The van der Waals surface area contributed by atoms with Gasteiger partial charge in [0.25, 0.3) is 17.4 Å². The number of benzene rings is 1. The number of pyridine rings is 1. The Morgan fingerprint density at radius 1 is 1.22 bits per heavy atom. The van der Waals surface area contributed by atoms with Gasteiger partial charge in [0.15, 0.2) is 0 Å². The van der Waals surface area contributed by atoms with Gasteiger partial charge < -0.3 is 19.5 Å². The number of aromatic amines is 1. The van der Waals surface area contributed by atoms with E-state index in [1.807, 2.05) is 0 Å². The summed E-state index contributed by atoms with van der Waals surface area (Å²) in [5, 5.41) is 4.59. The van der Waals surface area contributed by atoms with Crippen LogP contribution in [-0.2, 0) is 22.6 Å². The number of H-pyrrole nitrogens is 1. The fourth-order valence-corrected chi connectivity index (χ4v) is 5.51. The van der Waals surface area contributed by atoms with E-state index in [1.165, 1.54) is 12.0 Å². The van der Waals surface area contributed by atoms with Crippen LogP contribution in [0.5, 0.6) is 0 Å². The second kappa shape index (κ2) is 9.86. The predicted molar refractivity (Wildman–Crippen MR) is 130 cm³/mol. The highest BCUT2D eigenvalue weighted by Crippen LogP contribution is 2.48. The number of halogens is 2. The van der Waals surface area contributed by atoms with Crippen molar-refractivity contribution in [3.8, 4) is 0 Å². The van der Waals surface area contributed by atoms with Crippen molar-refractivity contribution in [2.24, 2.45) is 0 Å². The van der Waals surface area contributed by atoms with Gasteiger partial charge in [-0.1, -0.05) is 6.07 Å². The molecule has 0 saturated heterocycles. The Morgan fingerprint density at radius 3 is 2.50 bits per heavy atom. The maximum Gasteiger partial charge on any atom is 0.293 e. The highest BCUT2D eigenvalue weighted by Gasteiger charge is 2.38. The van der Waals surface area contributed by atoms with Crippen LogP contribution in [0.2, 0.25) is 0 Å². The van der Waals surface area contributed by atoms with Crippen LogP contribution >= 0.6 is 10.0 Å². The molecule has 1 aliphatic rings. The molecule has 3 heterocycles. The number of carbonyl (C=O) groups is 2. The lowest BCUT2D eigenvalue weighted by Crippen LogP contribution is -2.45. The summed E-state index contributed by atoms with van der Waals surface area (Å²) in [5.41, 5.74) is 1.000. The first-order valence-electron chi connectivity index (χ1n) is 10.9. The first kappa shape index (κ1) is 25.6. The lowest BCUT2D eigenvalue weighted by Gasteiger charge is -2.35. The molecule has 9 nitrogen and oxygen atoms in total. The van der Waals surface area contributed by atoms with Crippen LogP contribution in [0.1, 0.15) is 33.5 Å². The number of amides is 2. The average molecular weight is 521 g/mol. The van der Waals surface area contributed by atoms with Crippen molar-refractivity contribution >= 4 is 27.5 Å². The molecule has 1 aliphatic heterocycles. The highest BCUT2D eigenvalue weighted by atomic mass is 32.3. The third-order valence-corrected chi connectivity index (χ3v) is 7.29. The van der Waals surface area contributed by atoms with Crippen LogP contribution in [0.15, 0.2) is 44.5 Å². The SMILES string of the molecule is COCc1ccc2c(n1)CCN(C(=O)c1cc(=O)[nH]o1)[C@H]2C(=O)Nc1cc(F)c(S(C)(C)C)c(F)c1. The van der Waals surface area contributed by atoms with Crippen molar-refractivity contribution in [2.75, 3.05) is 37.7 Å². The zero-order valence-electron chi connectivity index (χ0n) is 20.2. The van der Waals surface area contributed by atoms with Crippen LogP contribution < -0.4 is 10.9 Å². The van der Waals surface area contributed by atoms with Crippen molar-refractivity contribution in [2.45, 2.75) is 24.0 Å². The van der Waals surface area contributed by atoms with Crippen molar-refractivity contribution in [1.82, 2.24) is 15.0 Å². The molecule has 1 aromatic carbocycles. The molecule has 0 saturated carbocycles. The van der Waals surface area contributed by atoms with E-state index in [4.69, 9.17) is 9.26 Å². The van der Waals surface area contributed by atoms with Gasteiger partial charge in [0.05, 0.1) is 23.3 Å². The van der Waals surface area contributed by atoms with Crippen molar-refractivity contribution in [1.29, 1.82) is 0 Å². The third-order valence-electron chi connectivity index (χ3n) is 5.68. The fourth-order valence-electron chi connectivity index (χ4n) is 4.22. The summed E-state index contributed by atoms with van der Waals surface area (Å²) in [5.74, 6) is -3.17. The van der Waals surface area contributed by atoms with Gasteiger partial charge in [-0.05, 0) is 37.0 Å². The van der Waals surface area contributed by atoms with E-state index in [1.54, 1.807) is 30.9 Å². The van der Waals surface area contributed by atoms with Gasteiger partial charge in [-0.3, -0.25) is 19.4 Å². The third kappa shape index (κ3) is 5.05. The van der Waals surface area contributed by atoms with E-state index in [2.05, 4.69) is 15.5 Å². The van der Waals surface area contributed by atoms with Crippen LogP contribution in [0.25, 0.3) is 0 Å². The summed E-state index contributed by atoms with van der Waals surface area (Å²) in [4.78, 5) is 43.9. The van der Waals surface area contributed by atoms with E-state index < -0.39 is 45.1 Å². The minimum Gasteiger partial charge on any atom is -0.378 e. The second-order valence-corrected chi connectivity index (χ2v) is 13.2. The molecule has 1 atom stereocenters. The number of hydrogen-bond donors (Lipinski definition) is 2. The molecule has 0 bridgehead atoms. The largest absolute Gasteiger partial charge is 0.378 e. The van der Waals surface area contributed by atoms with Crippen LogP contribution in [0, 0.1) is 11.6 Å². The molecule has 2 amide bonds. The number of methoxy groups -OCH3 is 1. The minimum absolute atomic E-state index is 0.0160. The fraction of sp³-hybridized carbons (Fsp3) is 0.333. The monoisotopic (exact) mass is 520 g/mol. The molecular formula is C24H26F2N4O5S. The van der Waals surface area contributed by atoms with Crippen molar-refractivity contribution < 1.29 is 27.6 Å². The van der Waals surface area contributed by atoms with Gasteiger partial charge in [-0.15, -0.1) is 0 Å². The van der Waals surface area contributed by atoms with Crippen molar-refractivity contribution in [3.05, 3.63) is 75.0 Å². The lowest BCUT2D eigenvalue weighted by molar-refractivity contribution is -0.121. The zero-order valence-corrected chi connectivity index (χ0v) is 21.0. The van der Waals surface area contributed by atoms with Gasteiger partial charge in [-0.2, -0.15) is 5.16 Å². The Bertz CT molecular complexity index is 1360. The van der Waals surface area contributed by atoms with Crippen LogP contribution in [-0.4, -0.2) is 59.3 Å². The molecule has 12 heteroatoms.